The van der Waals surface area contributed by atoms with Gasteiger partial charge in [-0.3, -0.25) is 4.79 Å². The third-order valence-corrected chi connectivity index (χ3v) is 3.37. The third-order valence-electron chi connectivity index (χ3n) is 3.37. The van der Waals surface area contributed by atoms with Gasteiger partial charge in [0.05, 0.1) is 11.3 Å². The molecule has 2 aromatic rings. The van der Waals surface area contributed by atoms with Crippen LogP contribution in [0.2, 0.25) is 0 Å². The molecule has 1 aliphatic rings. The number of aromatic nitrogens is 2. The van der Waals surface area contributed by atoms with E-state index in [0.29, 0.717) is 17.9 Å². The topological polar surface area (TPSA) is 54.9 Å². The molecule has 104 valence electrons. The van der Waals surface area contributed by atoms with Crippen molar-refractivity contribution in [1.29, 1.82) is 0 Å². The number of hydrogen-bond donors (Lipinski definition) is 1. The number of fused-ring (bicyclic) bond motifs is 1. The van der Waals surface area contributed by atoms with E-state index in [2.05, 4.69) is 27.1 Å². The van der Waals surface area contributed by atoms with Gasteiger partial charge in [0.1, 0.15) is 0 Å². The zero-order chi connectivity index (χ0) is 14.7. The summed E-state index contributed by atoms with van der Waals surface area (Å²) in [5.41, 5.74) is 3.33. The monoisotopic (exact) mass is 277 g/mol. The number of aryl methyl sites for hydroxylation is 1. The maximum atomic E-state index is 11.8. The Balaban J connectivity index is 1.86. The Morgan fingerprint density at radius 3 is 3.05 bits per heavy atom. The van der Waals surface area contributed by atoms with E-state index >= 15 is 0 Å². The van der Waals surface area contributed by atoms with Crippen molar-refractivity contribution in [3.63, 3.8) is 0 Å². The second-order valence-electron chi connectivity index (χ2n) is 4.91. The molecule has 0 radical (unpaired) electrons. The first-order valence-electron chi connectivity index (χ1n) is 6.95. The second kappa shape index (κ2) is 5.76. The van der Waals surface area contributed by atoms with Gasteiger partial charge in [-0.05, 0) is 38.0 Å². The minimum absolute atomic E-state index is 0.142. The number of rotatable bonds is 2. The predicted molar refractivity (Wildman–Crippen MR) is 81.6 cm³/mol. The first-order chi connectivity index (χ1) is 10.3. The fourth-order valence-corrected chi connectivity index (χ4v) is 2.40. The Bertz CT molecular complexity index is 756. The van der Waals surface area contributed by atoms with E-state index in [-0.39, 0.29) is 5.78 Å². The fraction of sp³-hybridized carbons (Fsp3) is 0.235. The Morgan fingerprint density at radius 1 is 1.29 bits per heavy atom. The van der Waals surface area contributed by atoms with Crippen molar-refractivity contribution in [2.75, 3.05) is 5.32 Å². The molecule has 21 heavy (non-hydrogen) atoms. The van der Waals surface area contributed by atoms with Crippen LogP contribution >= 0.6 is 0 Å². The van der Waals surface area contributed by atoms with Crippen molar-refractivity contribution in [3.05, 3.63) is 47.3 Å². The number of nitrogens with zero attached hydrogens (tertiary/aromatic N) is 2. The average Bonchev–Trinajstić information content (AvgIpc) is 2.48. The molecule has 1 heterocycles. The highest BCUT2D eigenvalue weighted by atomic mass is 16.1. The number of ketones is 1. The summed E-state index contributed by atoms with van der Waals surface area (Å²) in [6, 6.07) is 7.78. The van der Waals surface area contributed by atoms with Gasteiger partial charge in [0.25, 0.3) is 0 Å². The number of hydrogen-bond acceptors (Lipinski definition) is 4. The first kappa shape index (κ1) is 13.3. The van der Waals surface area contributed by atoms with Gasteiger partial charge in [-0.2, -0.15) is 0 Å². The summed E-state index contributed by atoms with van der Waals surface area (Å²) in [5, 5.41) is 3.17. The van der Waals surface area contributed by atoms with E-state index in [1.54, 1.807) is 6.20 Å². The molecule has 3 rings (SSSR count). The molecule has 0 amide bonds. The molecule has 0 aliphatic heterocycles. The molecular weight excluding hydrogens is 262 g/mol. The van der Waals surface area contributed by atoms with Crippen molar-refractivity contribution in [2.45, 2.75) is 26.2 Å². The Hall–Kier alpha value is -2.67. The lowest BCUT2D eigenvalue weighted by Gasteiger charge is -2.14. The highest BCUT2D eigenvalue weighted by Gasteiger charge is 2.19. The molecular formula is C17H15N3O. The Kier molecular flexibility index (Phi) is 3.65. The van der Waals surface area contributed by atoms with Crippen molar-refractivity contribution in [2.24, 2.45) is 0 Å². The van der Waals surface area contributed by atoms with Crippen molar-refractivity contribution in [1.82, 2.24) is 9.97 Å². The summed E-state index contributed by atoms with van der Waals surface area (Å²) in [7, 11) is 0. The number of Topliss-reactive ketones (excluding diaryl/α,β-unsaturated/α-hetero) is 1. The molecule has 1 aliphatic carbocycles. The smallest absolute Gasteiger partial charge is 0.227 e. The molecule has 1 N–H and O–H groups in total. The zero-order valence-electron chi connectivity index (χ0n) is 11.8. The molecule has 1 aromatic carbocycles. The maximum Gasteiger partial charge on any atom is 0.227 e. The summed E-state index contributed by atoms with van der Waals surface area (Å²) in [5.74, 6) is 6.55. The molecule has 0 bridgehead atoms. The molecule has 0 saturated heterocycles. The molecule has 4 nitrogen and oxygen atoms in total. The largest absolute Gasteiger partial charge is 0.324 e. The first-order valence-corrected chi connectivity index (χ1v) is 6.95. The number of nitrogens with one attached hydrogen (secondary N) is 1. The van der Waals surface area contributed by atoms with Crippen LogP contribution in [0.3, 0.4) is 0 Å². The van der Waals surface area contributed by atoms with E-state index in [4.69, 9.17) is 0 Å². The maximum absolute atomic E-state index is 11.8. The average molecular weight is 277 g/mol. The summed E-state index contributed by atoms with van der Waals surface area (Å²) in [6.07, 6.45) is 3.92. The van der Waals surface area contributed by atoms with E-state index < -0.39 is 0 Å². The van der Waals surface area contributed by atoms with Gasteiger partial charge in [0.2, 0.25) is 5.95 Å². The number of anilines is 2. The van der Waals surface area contributed by atoms with E-state index in [1.165, 1.54) is 0 Å². The molecule has 1 aromatic heterocycles. The van der Waals surface area contributed by atoms with E-state index in [9.17, 15) is 4.79 Å². The summed E-state index contributed by atoms with van der Waals surface area (Å²) < 4.78 is 0. The van der Waals surface area contributed by atoms with E-state index in [0.717, 1.165) is 29.8 Å². The molecule has 0 fully saturated rings. The summed E-state index contributed by atoms with van der Waals surface area (Å²) in [4.78, 5) is 20.4. The minimum atomic E-state index is 0.142. The third kappa shape index (κ3) is 2.92. The van der Waals surface area contributed by atoms with Crippen LogP contribution in [-0.4, -0.2) is 15.8 Å². The Labute approximate surface area is 123 Å². The molecule has 0 unspecified atom stereocenters. The van der Waals surface area contributed by atoms with Crippen LogP contribution in [0.15, 0.2) is 30.5 Å². The van der Waals surface area contributed by atoms with Gasteiger partial charge in [-0.15, -0.1) is 5.92 Å². The zero-order valence-corrected chi connectivity index (χ0v) is 11.8. The van der Waals surface area contributed by atoms with E-state index in [1.807, 2.05) is 31.2 Å². The molecule has 4 heteroatoms. The van der Waals surface area contributed by atoms with Gasteiger partial charge in [0.15, 0.2) is 5.78 Å². The lowest BCUT2D eigenvalue weighted by atomic mass is 9.96. The standard InChI is InChI=1S/C17H15N3O/c1-2-5-12-6-3-7-13(10-12)19-17-18-11-14-15(20-17)8-4-9-16(14)21/h3,6-7,10-11H,4,8-9H2,1H3,(H,18,19,20). The van der Waals surface area contributed by atoms with Crippen LogP contribution in [-0.2, 0) is 6.42 Å². The Morgan fingerprint density at radius 2 is 2.19 bits per heavy atom. The van der Waals surface area contributed by atoms with Crippen molar-refractivity contribution < 1.29 is 4.79 Å². The van der Waals surface area contributed by atoms with Gasteiger partial charge in [-0.25, -0.2) is 9.97 Å². The van der Waals surface area contributed by atoms with Crippen molar-refractivity contribution in [3.8, 4) is 11.8 Å². The van der Waals surface area contributed by atoms with Crippen LogP contribution < -0.4 is 5.32 Å². The highest BCUT2D eigenvalue weighted by Crippen LogP contribution is 2.21. The van der Waals surface area contributed by atoms with Crippen LogP contribution in [0.25, 0.3) is 0 Å². The minimum Gasteiger partial charge on any atom is -0.324 e. The second-order valence-corrected chi connectivity index (χ2v) is 4.91. The summed E-state index contributed by atoms with van der Waals surface area (Å²) in [6.45, 7) is 1.81. The number of benzene rings is 1. The van der Waals surface area contributed by atoms with Crippen LogP contribution in [0.1, 0.15) is 41.4 Å². The van der Waals surface area contributed by atoms with Gasteiger partial charge in [0, 0.05) is 23.9 Å². The van der Waals surface area contributed by atoms with Gasteiger partial charge >= 0.3 is 0 Å². The lowest BCUT2D eigenvalue weighted by Crippen LogP contribution is -2.14. The number of carbonyl (C=O) groups is 1. The van der Waals surface area contributed by atoms with Crippen LogP contribution in [0.5, 0.6) is 0 Å². The quantitative estimate of drug-likeness (QED) is 0.857. The number of carbonyl (C=O) groups excluding carboxylic acids is 1. The molecule has 0 atom stereocenters. The van der Waals surface area contributed by atoms with Crippen LogP contribution in [0, 0.1) is 11.8 Å². The van der Waals surface area contributed by atoms with Crippen molar-refractivity contribution >= 4 is 17.4 Å². The van der Waals surface area contributed by atoms with Gasteiger partial charge in [-0.1, -0.05) is 12.0 Å². The SMILES string of the molecule is CC#Cc1cccc(Nc2ncc3c(n2)CCCC3=O)c1. The lowest BCUT2D eigenvalue weighted by molar-refractivity contribution is 0.0971. The summed E-state index contributed by atoms with van der Waals surface area (Å²) >= 11 is 0. The van der Waals surface area contributed by atoms with Gasteiger partial charge < -0.3 is 5.32 Å². The highest BCUT2D eigenvalue weighted by molar-refractivity contribution is 5.97. The normalized spacial score (nSPS) is 13.1. The molecule has 0 spiro atoms. The fourth-order valence-electron chi connectivity index (χ4n) is 2.40. The van der Waals surface area contributed by atoms with Crippen LogP contribution in [0.4, 0.5) is 11.6 Å². The predicted octanol–water partition coefficient (Wildman–Crippen LogP) is 3.11. The molecule has 0 saturated carbocycles.